The van der Waals surface area contributed by atoms with Gasteiger partial charge in [0.05, 0.1) is 0 Å². The molecule has 5 heavy (non-hydrogen) atoms. The zero-order valence-electron chi connectivity index (χ0n) is 2.63. The predicted molar refractivity (Wildman–Crippen MR) is 26.7 cm³/mol. The van der Waals surface area contributed by atoms with Crippen LogP contribution in [0.1, 0.15) is 0 Å². The summed E-state index contributed by atoms with van der Waals surface area (Å²) < 4.78 is 0. The van der Waals surface area contributed by atoms with Crippen LogP contribution >= 0.6 is 0 Å². The molecule has 0 spiro atoms. The van der Waals surface area contributed by atoms with E-state index in [2.05, 4.69) is 15.7 Å². The Morgan fingerprint density at radius 2 is 2.40 bits per heavy atom. The Bertz CT molecular complexity index is 63.0. The molecule has 0 aromatic heterocycles. The summed E-state index contributed by atoms with van der Waals surface area (Å²) >= 11 is 1.42. The first kappa shape index (κ1) is 3.90. The van der Waals surface area contributed by atoms with Crippen LogP contribution in [0.3, 0.4) is 0 Å². The van der Waals surface area contributed by atoms with E-state index in [0.717, 1.165) is 0 Å². The van der Waals surface area contributed by atoms with Gasteiger partial charge in [0.1, 0.15) is 0 Å². The van der Waals surface area contributed by atoms with Crippen molar-refractivity contribution in [1.29, 1.82) is 0 Å². The van der Waals surface area contributed by atoms with Gasteiger partial charge in [0.2, 0.25) is 0 Å². The van der Waals surface area contributed by atoms with Gasteiger partial charge in [-0.25, -0.2) is 0 Å². The monoisotopic (exact) mass is 189 g/mol. The SMILES string of the molecule is C1=C[As][As]=C1. The van der Waals surface area contributed by atoms with Gasteiger partial charge in [0.15, 0.2) is 0 Å². The molecule has 0 aromatic rings. The summed E-state index contributed by atoms with van der Waals surface area (Å²) in [6, 6.07) is 0. The minimum absolute atomic E-state index is 0.712. The average Bonchev–Trinajstić information content (AvgIpc) is 1.76. The van der Waals surface area contributed by atoms with Crippen LogP contribution in [0.2, 0.25) is 0 Å². The van der Waals surface area contributed by atoms with Crippen LogP contribution in [0.15, 0.2) is 10.9 Å². The Balaban J connectivity index is 2.61. The summed E-state index contributed by atoms with van der Waals surface area (Å²) in [4.78, 5) is 4.63. The summed E-state index contributed by atoms with van der Waals surface area (Å²) in [7, 11) is 0. The van der Waals surface area contributed by atoms with E-state index in [1.54, 1.807) is 0 Å². The molecule has 0 fully saturated rings. The first-order chi connectivity index (χ1) is 2.50. The van der Waals surface area contributed by atoms with Crippen molar-refractivity contribution in [2.45, 2.75) is 0 Å². The molecule has 0 N–H and O–H groups in total. The summed E-state index contributed by atoms with van der Waals surface area (Å²) in [5, 5.41) is 0. The van der Waals surface area contributed by atoms with Crippen molar-refractivity contribution >= 4 is 31.7 Å². The molecule has 1 aliphatic heterocycles. The Morgan fingerprint density at radius 3 is 2.60 bits per heavy atom. The van der Waals surface area contributed by atoms with Crippen molar-refractivity contribution in [2.24, 2.45) is 0 Å². The van der Waals surface area contributed by atoms with E-state index in [-0.39, 0.29) is 0 Å². The maximum atomic E-state index is 2.32. The zero-order valence-corrected chi connectivity index (χ0v) is 6.38. The van der Waals surface area contributed by atoms with Gasteiger partial charge in [-0.1, -0.05) is 0 Å². The van der Waals surface area contributed by atoms with Crippen LogP contribution < -0.4 is 0 Å². The van der Waals surface area contributed by atoms with Crippen LogP contribution in [0, 0.1) is 0 Å². The molecule has 1 aliphatic rings. The molecule has 0 nitrogen and oxygen atoms in total. The Kier molecular flexibility index (Phi) is 1.56. The fourth-order valence-corrected chi connectivity index (χ4v) is 5.20. The van der Waals surface area contributed by atoms with E-state index in [1.807, 2.05) is 0 Å². The van der Waals surface area contributed by atoms with Crippen molar-refractivity contribution < 1.29 is 0 Å². The molecule has 0 unspecified atom stereocenters. The molecule has 0 saturated heterocycles. The normalized spacial score (nSPS) is 25.6. The van der Waals surface area contributed by atoms with Crippen molar-refractivity contribution in [3.05, 3.63) is 10.9 Å². The number of rotatable bonds is 0. The summed E-state index contributed by atoms with van der Waals surface area (Å²) in [6.45, 7) is 0. The van der Waals surface area contributed by atoms with Crippen molar-refractivity contribution in [3.8, 4) is 0 Å². The molecule has 0 aromatic carbocycles. The van der Waals surface area contributed by atoms with Gasteiger partial charge in [0.25, 0.3) is 0 Å². The maximum absolute atomic E-state index is 2.32. The average molecular weight is 189 g/mol. The van der Waals surface area contributed by atoms with Crippen molar-refractivity contribution in [1.82, 2.24) is 0 Å². The van der Waals surface area contributed by atoms with Crippen LogP contribution in [0.25, 0.3) is 0 Å². The van der Waals surface area contributed by atoms with Crippen molar-refractivity contribution in [2.75, 3.05) is 0 Å². The molecule has 1 heterocycles. The predicted octanol–water partition coefficient (Wildman–Crippen LogP) is -0.361. The quantitative estimate of drug-likeness (QED) is 0.456. The summed E-state index contributed by atoms with van der Waals surface area (Å²) in [5.41, 5.74) is 0. The first-order valence-corrected chi connectivity index (χ1v) is 8.75. The molecule has 25 valence electrons. The van der Waals surface area contributed by atoms with E-state index in [9.17, 15) is 0 Å². The van der Waals surface area contributed by atoms with Gasteiger partial charge in [-0.2, -0.15) is 0 Å². The third kappa shape index (κ3) is 1.07. The van der Waals surface area contributed by atoms with Crippen LogP contribution in [0.5, 0.6) is 0 Å². The standard InChI is InChI=1S/C3H3As2/c1-2-4-5-3-1/h1-3H. The molecule has 0 aliphatic carbocycles. The third-order valence-corrected chi connectivity index (χ3v) is 6.29. The molecular formula is C3H3As2. The molecule has 1 radical (unpaired) electrons. The van der Waals surface area contributed by atoms with Gasteiger partial charge in [0, 0.05) is 0 Å². The molecule has 0 atom stereocenters. The van der Waals surface area contributed by atoms with Gasteiger partial charge in [-0.3, -0.25) is 0 Å². The molecule has 2 heteroatoms. The molecular weight excluding hydrogens is 186 g/mol. The van der Waals surface area contributed by atoms with Gasteiger partial charge < -0.3 is 0 Å². The van der Waals surface area contributed by atoms with Crippen LogP contribution in [0.4, 0.5) is 0 Å². The van der Waals surface area contributed by atoms with Crippen LogP contribution in [-0.2, 0) is 0 Å². The minimum atomic E-state index is 0.712. The van der Waals surface area contributed by atoms with E-state index >= 15 is 0 Å². The van der Waals surface area contributed by atoms with Gasteiger partial charge >= 0.3 is 42.7 Å². The van der Waals surface area contributed by atoms with E-state index in [1.165, 1.54) is 0 Å². The zero-order chi connectivity index (χ0) is 3.54. The number of allylic oxidation sites excluding steroid dienone is 1. The molecule has 0 saturated carbocycles. The Hall–Kier alpha value is 0.727. The second-order valence-corrected chi connectivity index (χ2v) is 7.98. The molecule has 0 bridgehead atoms. The van der Waals surface area contributed by atoms with E-state index in [4.69, 9.17) is 0 Å². The van der Waals surface area contributed by atoms with E-state index in [0.29, 0.717) is 26.9 Å². The second kappa shape index (κ2) is 2.00. The number of hydrogen-bond acceptors (Lipinski definition) is 0. The van der Waals surface area contributed by atoms with Crippen molar-refractivity contribution in [3.63, 3.8) is 0 Å². The summed E-state index contributed by atoms with van der Waals surface area (Å²) in [5.74, 6) is 0. The Labute approximate surface area is 42.8 Å². The third-order valence-electron chi connectivity index (χ3n) is 0.372. The van der Waals surface area contributed by atoms with Crippen LogP contribution in [-0.4, -0.2) is 31.7 Å². The van der Waals surface area contributed by atoms with Gasteiger partial charge in [-0.15, -0.1) is 0 Å². The van der Waals surface area contributed by atoms with Gasteiger partial charge in [-0.05, 0) is 0 Å². The van der Waals surface area contributed by atoms with E-state index < -0.39 is 0 Å². The Morgan fingerprint density at radius 1 is 1.40 bits per heavy atom. The first-order valence-electron chi connectivity index (χ1n) is 1.38. The topological polar surface area (TPSA) is 0 Å². The molecule has 1 rings (SSSR count). The second-order valence-electron chi connectivity index (χ2n) is 0.722. The summed E-state index contributed by atoms with van der Waals surface area (Å²) in [6.07, 6.45) is 2.19. The molecule has 0 amide bonds. The fraction of sp³-hybridized carbons (Fsp3) is 0. The fourth-order valence-electron chi connectivity index (χ4n) is 0.192. The number of hydrogen-bond donors (Lipinski definition) is 0.